The Balaban J connectivity index is 2.46. The predicted octanol–water partition coefficient (Wildman–Crippen LogP) is 2.38. The second-order valence-corrected chi connectivity index (χ2v) is 5.31. The molecule has 0 unspecified atom stereocenters. The highest BCUT2D eigenvalue weighted by atomic mass is 32.1. The molecule has 0 saturated carbocycles. The molecule has 2 N–H and O–H groups in total. The first-order valence-electron chi connectivity index (χ1n) is 7.11. The Labute approximate surface area is 128 Å². The molecule has 0 heterocycles. The third kappa shape index (κ3) is 5.75. The lowest BCUT2D eigenvalue weighted by molar-refractivity contribution is 0.413. The molecule has 1 aromatic carbocycles. The first kappa shape index (κ1) is 16.7. The van der Waals surface area contributed by atoms with Crippen LogP contribution in [0.5, 0.6) is 0 Å². The minimum Gasteiger partial charge on any atom is -0.372 e. The summed E-state index contributed by atoms with van der Waals surface area (Å²) in [6.07, 6.45) is 0. The molecule has 0 aromatic heterocycles. The molecule has 0 aliphatic carbocycles. The largest absolute Gasteiger partial charge is 0.372 e. The van der Waals surface area contributed by atoms with Crippen molar-refractivity contribution < 1.29 is 0 Å². The summed E-state index contributed by atoms with van der Waals surface area (Å²) in [6.45, 7) is 8.18. The molecule has 0 saturated heterocycles. The Hall–Kier alpha value is -1.33. The normalized spacial score (nSPS) is 10.4. The smallest absolute Gasteiger partial charge is 0.170 e. The molecule has 0 fully saturated rings. The van der Waals surface area contributed by atoms with Gasteiger partial charge in [0.25, 0.3) is 0 Å². The zero-order chi connectivity index (χ0) is 15.0. The number of hydrogen-bond donors (Lipinski definition) is 2. The van der Waals surface area contributed by atoms with Crippen molar-refractivity contribution in [3.63, 3.8) is 0 Å². The molecule has 1 rings (SSSR count). The van der Waals surface area contributed by atoms with Gasteiger partial charge in [-0.05, 0) is 64.4 Å². The third-order valence-electron chi connectivity index (χ3n) is 3.10. The fourth-order valence-electron chi connectivity index (χ4n) is 1.91. The summed E-state index contributed by atoms with van der Waals surface area (Å²) in [6, 6.07) is 8.37. The van der Waals surface area contributed by atoms with Crippen LogP contribution in [0.4, 0.5) is 11.4 Å². The van der Waals surface area contributed by atoms with E-state index in [2.05, 4.69) is 58.5 Å². The molecule has 0 amide bonds. The van der Waals surface area contributed by atoms with Gasteiger partial charge in [0, 0.05) is 37.6 Å². The van der Waals surface area contributed by atoms with Gasteiger partial charge in [-0.2, -0.15) is 0 Å². The van der Waals surface area contributed by atoms with E-state index in [1.807, 2.05) is 14.1 Å². The first-order chi connectivity index (χ1) is 9.56. The number of nitrogens with zero attached hydrogens (tertiary/aromatic N) is 2. The second-order valence-electron chi connectivity index (χ2n) is 4.90. The number of benzene rings is 1. The van der Waals surface area contributed by atoms with E-state index < -0.39 is 0 Å². The van der Waals surface area contributed by atoms with E-state index in [1.54, 1.807) is 0 Å². The summed E-state index contributed by atoms with van der Waals surface area (Å²) in [7, 11) is 4.09. The van der Waals surface area contributed by atoms with Crippen LogP contribution in [0.3, 0.4) is 0 Å². The summed E-state index contributed by atoms with van der Waals surface area (Å²) in [4.78, 5) is 4.44. The Morgan fingerprint density at radius 2 is 1.70 bits per heavy atom. The van der Waals surface area contributed by atoms with Crippen LogP contribution in [0.2, 0.25) is 0 Å². The van der Waals surface area contributed by atoms with Gasteiger partial charge in [0.2, 0.25) is 0 Å². The molecule has 20 heavy (non-hydrogen) atoms. The predicted molar refractivity (Wildman–Crippen MR) is 92.8 cm³/mol. The van der Waals surface area contributed by atoms with E-state index in [-0.39, 0.29) is 0 Å². The molecule has 0 aliphatic heterocycles. The van der Waals surface area contributed by atoms with Gasteiger partial charge in [-0.15, -0.1) is 0 Å². The average Bonchev–Trinajstić information content (AvgIpc) is 2.41. The maximum Gasteiger partial charge on any atom is 0.170 e. The number of likely N-dealkylation sites (N-methyl/N-ethyl adjacent to an activating group) is 1. The van der Waals surface area contributed by atoms with Gasteiger partial charge in [-0.1, -0.05) is 0 Å². The molecule has 112 valence electrons. The summed E-state index contributed by atoms with van der Waals surface area (Å²) in [5.74, 6) is 0. The lowest BCUT2D eigenvalue weighted by atomic mass is 10.2. The molecule has 0 bridgehead atoms. The van der Waals surface area contributed by atoms with Crippen molar-refractivity contribution in [1.29, 1.82) is 0 Å². The number of rotatable bonds is 7. The molecule has 0 aliphatic rings. The minimum atomic E-state index is 0.669. The number of nitrogens with one attached hydrogen (secondary N) is 2. The van der Waals surface area contributed by atoms with Crippen molar-refractivity contribution in [2.45, 2.75) is 13.8 Å². The van der Waals surface area contributed by atoms with E-state index >= 15 is 0 Å². The molecule has 0 spiro atoms. The highest BCUT2D eigenvalue weighted by Gasteiger charge is 2.02. The van der Waals surface area contributed by atoms with Crippen molar-refractivity contribution in [3.05, 3.63) is 24.3 Å². The van der Waals surface area contributed by atoms with Gasteiger partial charge >= 0.3 is 0 Å². The highest BCUT2D eigenvalue weighted by molar-refractivity contribution is 7.80. The lowest BCUT2D eigenvalue weighted by Crippen LogP contribution is -2.34. The zero-order valence-corrected chi connectivity index (χ0v) is 13.8. The maximum absolute atomic E-state index is 5.27. The van der Waals surface area contributed by atoms with Crippen LogP contribution < -0.4 is 15.5 Å². The van der Waals surface area contributed by atoms with Crippen molar-refractivity contribution in [3.8, 4) is 0 Å². The summed E-state index contributed by atoms with van der Waals surface area (Å²) < 4.78 is 0. The molecule has 0 atom stereocenters. The van der Waals surface area contributed by atoms with Gasteiger partial charge in [0.1, 0.15) is 0 Å². The molecule has 4 nitrogen and oxygen atoms in total. The van der Waals surface area contributed by atoms with Crippen LogP contribution in [0.15, 0.2) is 24.3 Å². The van der Waals surface area contributed by atoms with E-state index in [9.17, 15) is 0 Å². The summed E-state index contributed by atoms with van der Waals surface area (Å²) in [5, 5.41) is 7.06. The molecule has 0 radical (unpaired) electrons. The standard InChI is InChI=1S/C15H26N4S/c1-5-19(6-2)14-9-7-13(8-10-14)17-15(20)16-11-12-18(3)4/h7-10H,5-6,11-12H2,1-4H3,(H2,16,17,20). The van der Waals surface area contributed by atoms with Crippen LogP contribution in [0.1, 0.15) is 13.8 Å². The van der Waals surface area contributed by atoms with E-state index in [0.29, 0.717) is 5.11 Å². The second kappa shape index (κ2) is 8.76. The topological polar surface area (TPSA) is 30.5 Å². The van der Waals surface area contributed by atoms with Gasteiger partial charge in [0.05, 0.1) is 0 Å². The number of anilines is 2. The fraction of sp³-hybridized carbons (Fsp3) is 0.533. The Morgan fingerprint density at radius 3 is 2.20 bits per heavy atom. The van der Waals surface area contributed by atoms with Crippen molar-refractivity contribution >= 4 is 28.7 Å². The van der Waals surface area contributed by atoms with Crippen molar-refractivity contribution in [1.82, 2.24) is 10.2 Å². The SMILES string of the molecule is CCN(CC)c1ccc(NC(=S)NCCN(C)C)cc1. The maximum atomic E-state index is 5.27. The van der Waals surface area contributed by atoms with Crippen LogP contribution >= 0.6 is 12.2 Å². The molecule has 1 aromatic rings. The van der Waals surface area contributed by atoms with Gasteiger partial charge < -0.3 is 20.4 Å². The zero-order valence-electron chi connectivity index (χ0n) is 12.9. The third-order valence-corrected chi connectivity index (χ3v) is 3.34. The average molecular weight is 294 g/mol. The number of thiocarbonyl (C=S) groups is 1. The van der Waals surface area contributed by atoms with Crippen LogP contribution in [-0.4, -0.2) is 50.3 Å². The highest BCUT2D eigenvalue weighted by Crippen LogP contribution is 2.17. The van der Waals surface area contributed by atoms with Crippen LogP contribution in [0.25, 0.3) is 0 Å². The van der Waals surface area contributed by atoms with E-state index in [0.717, 1.165) is 31.9 Å². The van der Waals surface area contributed by atoms with Gasteiger partial charge in [-0.25, -0.2) is 0 Å². The Bertz CT molecular complexity index is 399. The number of hydrogen-bond acceptors (Lipinski definition) is 3. The molecular formula is C15H26N4S. The van der Waals surface area contributed by atoms with Gasteiger partial charge in [0.15, 0.2) is 5.11 Å². The lowest BCUT2D eigenvalue weighted by Gasteiger charge is -2.21. The monoisotopic (exact) mass is 294 g/mol. The molecular weight excluding hydrogens is 268 g/mol. The summed E-state index contributed by atoms with van der Waals surface area (Å²) in [5.41, 5.74) is 2.26. The van der Waals surface area contributed by atoms with Gasteiger partial charge in [-0.3, -0.25) is 0 Å². The molecule has 5 heteroatoms. The summed E-state index contributed by atoms with van der Waals surface area (Å²) >= 11 is 5.27. The Morgan fingerprint density at radius 1 is 1.10 bits per heavy atom. The van der Waals surface area contributed by atoms with Crippen LogP contribution in [0, 0.1) is 0 Å². The quantitative estimate of drug-likeness (QED) is 0.754. The van der Waals surface area contributed by atoms with E-state index in [4.69, 9.17) is 12.2 Å². The minimum absolute atomic E-state index is 0.669. The van der Waals surface area contributed by atoms with Crippen LogP contribution in [-0.2, 0) is 0 Å². The van der Waals surface area contributed by atoms with Crippen molar-refractivity contribution in [2.75, 3.05) is 50.5 Å². The fourth-order valence-corrected chi connectivity index (χ4v) is 2.13. The Kier molecular flexibility index (Phi) is 7.33. The van der Waals surface area contributed by atoms with E-state index in [1.165, 1.54) is 5.69 Å². The van der Waals surface area contributed by atoms with Crippen molar-refractivity contribution in [2.24, 2.45) is 0 Å². The first-order valence-corrected chi connectivity index (χ1v) is 7.52.